The highest BCUT2D eigenvalue weighted by atomic mass is 16.5. The van der Waals surface area contributed by atoms with Gasteiger partial charge in [0.2, 0.25) is 11.8 Å². The first kappa shape index (κ1) is 20.5. The predicted molar refractivity (Wildman–Crippen MR) is 114 cm³/mol. The second-order valence-corrected chi connectivity index (χ2v) is 8.35. The van der Waals surface area contributed by atoms with Crippen molar-refractivity contribution in [3.8, 4) is 0 Å². The first-order chi connectivity index (χ1) is 14.7. The summed E-state index contributed by atoms with van der Waals surface area (Å²) >= 11 is 0. The minimum atomic E-state index is -0.380. The van der Waals surface area contributed by atoms with Crippen molar-refractivity contribution in [2.75, 3.05) is 10.2 Å². The Morgan fingerprint density at radius 1 is 1.03 bits per heavy atom. The van der Waals surface area contributed by atoms with Gasteiger partial charge in [-0.2, -0.15) is 4.98 Å². The third-order valence-corrected chi connectivity index (χ3v) is 4.89. The molecule has 8 nitrogen and oxygen atoms in total. The normalized spacial score (nSPS) is 13.5. The van der Waals surface area contributed by atoms with E-state index in [1.807, 2.05) is 20.8 Å². The number of carbonyl (C=O) groups excluding carboxylic acids is 3. The van der Waals surface area contributed by atoms with Gasteiger partial charge in [-0.05, 0) is 30.3 Å². The Bertz CT molecular complexity index is 1140. The minimum absolute atomic E-state index is 0.156. The van der Waals surface area contributed by atoms with Gasteiger partial charge in [-0.15, -0.1) is 0 Å². The van der Waals surface area contributed by atoms with Crippen LogP contribution in [0.25, 0.3) is 0 Å². The quantitative estimate of drug-likeness (QED) is 0.633. The summed E-state index contributed by atoms with van der Waals surface area (Å²) in [5, 5.41) is 6.74. The Morgan fingerprint density at radius 3 is 2.32 bits per heavy atom. The minimum Gasteiger partial charge on any atom is -0.339 e. The lowest BCUT2D eigenvalue weighted by Gasteiger charge is -2.15. The second kappa shape index (κ2) is 7.79. The van der Waals surface area contributed by atoms with Gasteiger partial charge in [0.15, 0.2) is 5.82 Å². The highest BCUT2D eigenvalue weighted by Gasteiger charge is 2.36. The van der Waals surface area contributed by atoms with Crippen LogP contribution in [0, 0.1) is 0 Å². The number of fused-ring (bicyclic) bond motifs is 1. The lowest BCUT2D eigenvalue weighted by Crippen LogP contribution is -2.29. The number of rotatable bonds is 5. The highest BCUT2D eigenvalue weighted by molar-refractivity contribution is 6.34. The van der Waals surface area contributed by atoms with Crippen molar-refractivity contribution < 1.29 is 18.9 Å². The van der Waals surface area contributed by atoms with Crippen LogP contribution in [-0.2, 0) is 16.6 Å². The number of hydrogen-bond acceptors (Lipinski definition) is 6. The number of nitrogens with one attached hydrogen (secondary N) is 1. The van der Waals surface area contributed by atoms with Gasteiger partial charge in [-0.25, -0.2) is 4.90 Å². The van der Waals surface area contributed by atoms with E-state index in [0.717, 1.165) is 4.90 Å². The molecule has 0 spiro atoms. The Labute approximate surface area is 179 Å². The SMILES string of the molecule is CC(C)(C)c1noc(CCC(=O)Nc2cccc(N3C(=O)c4ccccc4C3=O)c2)n1. The van der Waals surface area contributed by atoms with Crippen LogP contribution in [0.1, 0.15) is 59.6 Å². The fourth-order valence-electron chi connectivity index (χ4n) is 3.25. The highest BCUT2D eigenvalue weighted by Crippen LogP contribution is 2.29. The number of anilines is 2. The molecule has 2 heterocycles. The summed E-state index contributed by atoms with van der Waals surface area (Å²) in [6.07, 6.45) is 0.468. The van der Waals surface area contributed by atoms with Crippen LogP contribution >= 0.6 is 0 Å². The Hall–Kier alpha value is -3.81. The molecule has 0 fully saturated rings. The number of aryl methyl sites for hydroxylation is 1. The molecule has 8 heteroatoms. The van der Waals surface area contributed by atoms with Crippen molar-refractivity contribution in [1.82, 2.24) is 10.1 Å². The van der Waals surface area contributed by atoms with Gasteiger partial charge < -0.3 is 9.84 Å². The maximum atomic E-state index is 12.7. The smallest absolute Gasteiger partial charge is 0.266 e. The molecule has 31 heavy (non-hydrogen) atoms. The Balaban J connectivity index is 1.42. The maximum absolute atomic E-state index is 12.7. The molecule has 0 unspecified atom stereocenters. The number of imide groups is 1. The summed E-state index contributed by atoms with van der Waals surface area (Å²) in [6, 6.07) is 13.3. The molecule has 4 rings (SSSR count). The van der Waals surface area contributed by atoms with Gasteiger partial charge in [0.25, 0.3) is 11.8 Å². The number of nitrogens with zero attached hydrogens (tertiary/aromatic N) is 3. The second-order valence-electron chi connectivity index (χ2n) is 8.35. The molecule has 1 aromatic heterocycles. The van der Waals surface area contributed by atoms with Gasteiger partial charge in [-0.1, -0.05) is 44.1 Å². The van der Waals surface area contributed by atoms with Gasteiger partial charge in [-0.3, -0.25) is 14.4 Å². The molecule has 1 aliphatic rings. The zero-order valence-electron chi connectivity index (χ0n) is 17.5. The summed E-state index contributed by atoms with van der Waals surface area (Å²) in [4.78, 5) is 43.2. The third kappa shape index (κ3) is 4.09. The molecule has 0 saturated carbocycles. The number of amides is 3. The number of hydrogen-bond donors (Lipinski definition) is 1. The van der Waals surface area contributed by atoms with Crippen molar-refractivity contribution in [3.63, 3.8) is 0 Å². The van der Waals surface area contributed by atoms with Crippen LogP contribution in [0.5, 0.6) is 0 Å². The van der Waals surface area contributed by atoms with E-state index in [2.05, 4.69) is 15.5 Å². The molecule has 0 atom stereocenters. The molecule has 0 aliphatic carbocycles. The molecule has 0 bridgehead atoms. The van der Waals surface area contributed by atoms with Gasteiger partial charge >= 0.3 is 0 Å². The van der Waals surface area contributed by atoms with Gasteiger partial charge in [0.05, 0.1) is 16.8 Å². The summed E-state index contributed by atoms with van der Waals surface area (Å²) in [6.45, 7) is 5.95. The van der Waals surface area contributed by atoms with Crippen LogP contribution in [-0.4, -0.2) is 27.9 Å². The van der Waals surface area contributed by atoms with Crippen molar-refractivity contribution in [2.45, 2.75) is 39.0 Å². The van der Waals surface area contributed by atoms with E-state index < -0.39 is 0 Å². The number of carbonyl (C=O) groups is 3. The van der Waals surface area contributed by atoms with E-state index in [-0.39, 0.29) is 29.6 Å². The van der Waals surface area contributed by atoms with Crippen LogP contribution < -0.4 is 10.2 Å². The molecular weight excluding hydrogens is 396 g/mol. The van der Waals surface area contributed by atoms with E-state index in [9.17, 15) is 14.4 Å². The van der Waals surface area contributed by atoms with Crippen LogP contribution in [0.15, 0.2) is 53.1 Å². The van der Waals surface area contributed by atoms with E-state index in [1.54, 1.807) is 48.5 Å². The fraction of sp³-hybridized carbons (Fsp3) is 0.261. The van der Waals surface area contributed by atoms with Crippen molar-refractivity contribution in [2.24, 2.45) is 0 Å². The number of benzene rings is 2. The molecule has 3 aromatic rings. The van der Waals surface area contributed by atoms with E-state index in [4.69, 9.17) is 4.52 Å². The largest absolute Gasteiger partial charge is 0.339 e. The molecule has 3 amide bonds. The van der Waals surface area contributed by atoms with Crippen molar-refractivity contribution in [1.29, 1.82) is 0 Å². The number of aromatic nitrogens is 2. The fourth-order valence-corrected chi connectivity index (χ4v) is 3.25. The lowest BCUT2D eigenvalue weighted by molar-refractivity contribution is -0.116. The average molecular weight is 418 g/mol. The van der Waals surface area contributed by atoms with Crippen molar-refractivity contribution >= 4 is 29.1 Å². The van der Waals surface area contributed by atoms with Crippen LogP contribution in [0.2, 0.25) is 0 Å². The van der Waals surface area contributed by atoms with E-state index in [0.29, 0.717) is 40.6 Å². The van der Waals surface area contributed by atoms with Crippen molar-refractivity contribution in [3.05, 3.63) is 71.4 Å². The third-order valence-electron chi connectivity index (χ3n) is 4.89. The molecule has 1 N–H and O–H groups in total. The molecule has 1 aliphatic heterocycles. The van der Waals surface area contributed by atoms with Crippen LogP contribution in [0.3, 0.4) is 0 Å². The standard InChI is InChI=1S/C23H22N4O4/c1-23(2,3)22-25-19(31-26-22)12-11-18(28)24-14-7-6-8-15(13-14)27-20(29)16-9-4-5-10-17(16)21(27)30/h4-10,13H,11-12H2,1-3H3,(H,24,28). The average Bonchev–Trinajstić information content (AvgIpc) is 3.31. The molecule has 0 saturated heterocycles. The van der Waals surface area contributed by atoms with Crippen LogP contribution in [0.4, 0.5) is 11.4 Å². The molecule has 2 aromatic carbocycles. The van der Waals surface area contributed by atoms with Gasteiger partial charge in [0, 0.05) is 23.9 Å². The Morgan fingerprint density at radius 2 is 1.71 bits per heavy atom. The van der Waals surface area contributed by atoms with E-state index in [1.165, 1.54) is 0 Å². The Kier molecular flexibility index (Phi) is 5.14. The molecule has 158 valence electrons. The zero-order chi connectivity index (χ0) is 22.2. The summed E-state index contributed by atoms with van der Waals surface area (Å²) in [5.41, 5.74) is 1.40. The monoisotopic (exact) mass is 418 g/mol. The maximum Gasteiger partial charge on any atom is 0.266 e. The summed E-state index contributed by atoms with van der Waals surface area (Å²) < 4.78 is 5.21. The first-order valence-electron chi connectivity index (χ1n) is 9.95. The zero-order valence-corrected chi connectivity index (χ0v) is 17.5. The predicted octanol–water partition coefficient (Wildman–Crippen LogP) is 3.74. The summed E-state index contributed by atoms with van der Waals surface area (Å²) in [5.74, 6) is -0.00308. The van der Waals surface area contributed by atoms with E-state index >= 15 is 0 Å². The van der Waals surface area contributed by atoms with Gasteiger partial charge in [0.1, 0.15) is 0 Å². The molecular formula is C23H22N4O4. The topological polar surface area (TPSA) is 105 Å². The summed E-state index contributed by atoms with van der Waals surface area (Å²) in [7, 11) is 0. The molecule has 0 radical (unpaired) electrons. The lowest BCUT2D eigenvalue weighted by atomic mass is 9.96. The first-order valence-corrected chi connectivity index (χ1v) is 9.95.